The highest BCUT2D eigenvalue weighted by Crippen LogP contribution is 2.36. The van der Waals surface area contributed by atoms with E-state index in [1.54, 1.807) is 12.1 Å². The summed E-state index contributed by atoms with van der Waals surface area (Å²) < 4.78 is 5.28. The van der Waals surface area contributed by atoms with Gasteiger partial charge in [-0.25, -0.2) is 4.90 Å². The zero-order valence-corrected chi connectivity index (χ0v) is 16.0. The molecule has 0 aliphatic carbocycles. The van der Waals surface area contributed by atoms with E-state index in [9.17, 15) is 9.59 Å². The fourth-order valence-corrected chi connectivity index (χ4v) is 3.25. The van der Waals surface area contributed by atoms with Crippen LogP contribution in [0.3, 0.4) is 0 Å². The van der Waals surface area contributed by atoms with E-state index in [-0.39, 0.29) is 21.4 Å². The Morgan fingerprint density at radius 3 is 2.38 bits per heavy atom. The van der Waals surface area contributed by atoms with Gasteiger partial charge in [0.25, 0.3) is 11.8 Å². The maximum atomic E-state index is 12.8. The minimum absolute atomic E-state index is 0.0495. The summed E-state index contributed by atoms with van der Waals surface area (Å²) in [5.41, 5.74) is 1.62. The number of nitrogens with zero attached hydrogens (tertiary/aromatic N) is 1. The summed E-state index contributed by atoms with van der Waals surface area (Å²) in [6.45, 7) is 1.89. The Bertz CT molecular complexity index is 957. The first kappa shape index (κ1) is 18.6. The van der Waals surface area contributed by atoms with Gasteiger partial charge in [-0.05, 0) is 42.8 Å². The summed E-state index contributed by atoms with van der Waals surface area (Å²) >= 11 is 18.1. The first-order valence-corrected chi connectivity index (χ1v) is 8.62. The monoisotopic (exact) mass is 410 g/mol. The Balaban J connectivity index is 1.98. The zero-order valence-electron chi connectivity index (χ0n) is 13.8. The zero-order chi connectivity index (χ0) is 19.0. The van der Waals surface area contributed by atoms with Gasteiger partial charge in [0.2, 0.25) is 0 Å². The molecule has 0 radical (unpaired) electrons. The van der Waals surface area contributed by atoms with Crippen LogP contribution < -0.4 is 15.0 Å². The standard InChI is InChI=1S/C18H13Cl3N2O3/c1-9-3-6-14(26-2)12(7-9)22-16-15(21)17(24)23(18(16)25)13-5-4-10(19)8-11(13)20/h3-8,22H,1-2H3. The summed E-state index contributed by atoms with van der Waals surface area (Å²) in [4.78, 5) is 26.3. The van der Waals surface area contributed by atoms with Crippen molar-refractivity contribution < 1.29 is 14.3 Å². The molecule has 0 bridgehead atoms. The van der Waals surface area contributed by atoms with Gasteiger partial charge in [0.05, 0.1) is 23.5 Å². The number of aryl methyl sites for hydroxylation is 1. The number of hydrogen-bond donors (Lipinski definition) is 1. The number of carbonyl (C=O) groups excluding carboxylic acids is 2. The van der Waals surface area contributed by atoms with Crippen molar-refractivity contribution in [2.75, 3.05) is 17.3 Å². The number of ether oxygens (including phenoxy) is 1. The molecule has 0 aromatic heterocycles. The Morgan fingerprint density at radius 1 is 1.00 bits per heavy atom. The van der Waals surface area contributed by atoms with Gasteiger partial charge in [0, 0.05) is 5.02 Å². The molecule has 8 heteroatoms. The summed E-state index contributed by atoms with van der Waals surface area (Å²) in [6, 6.07) is 9.86. The Labute approximate surface area is 165 Å². The normalized spacial score (nSPS) is 14.3. The van der Waals surface area contributed by atoms with Crippen molar-refractivity contribution in [1.29, 1.82) is 0 Å². The van der Waals surface area contributed by atoms with Crippen LogP contribution in [0.25, 0.3) is 0 Å². The molecule has 0 saturated carbocycles. The van der Waals surface area contributed by atoms with Gasteiger partial charge < -0.3 is 10.1 Å². The molecule has 134 valence electrons. The third-order valence-corrected chi connectivity index (χ3v) is 4.68. The summed E-state index contributed by atoms with van der Waals surface area (Å²) in [5, 5.41) is 3.22. The molecule has 0 unspecified atom stereocenters. The average molecular weight is 412 g/mol. The molecular weight excluding hydrogens is 399 g/mol. The second-order valence-electron chi connectivity index (χ2n) is 5.56. The number of anilines is 2. The van der Waals surface area contributed by atoms with Crippen molar-refractivity contribution in [1.82, 2.24) is 0 Å². The van der Waals surface area contributed by atoms with Gasteiger partial charge in [0.1, 0.15) is 16.5 Å². The lowest BCUT2D eigenvalue weighted by Gasteiger charge is -2.17. The summed E-state index contributed by atoms with van der Waals surface area (Å²) in [7, 11) is 1.51. The van der Waals surface area contributed by atoms with Crippen molar-refractivity contribution in [3.63, 3.8) is 0 Å². The number of hydrogen-bond acceptors (Lipinski definition) is 4. The molecule has 1 aliphatic heterocycles. The highest BCUT2D eigenvalue weighted by atomic mass is 35.5. The van der Waals surface area contributed by atoms with Crippen LogP contribution in [0.15, 0.2) is 47.1 Å². The van der Waals surface area contributed by atoms with E-state index >= 15 is 0 Å². The summed E-state index contributed by atoms with van der Waals surface area (Å²) in [6.07, 6.45) is 0. The van der Waals surface area contributed by atoms with Crippen molar-refractivity contribution >= 4 is 58.0 Å². The minimum atomic E-state index is -0.671. The molecule has 0 saturated heterocycles. The van der Waals surface area contributed by atoms with Crippen molar-refractivity contribution in [2.24, 2.45) is 0 Å². The number of methoxy groups -OCH3 is 1. The van der Waals surface area contributed by atoms with Crippen LogP contribution in [0.1, 0.15) is 5.56 Å². The van der Waals surface area contributed by atoms with E-state index in [0.29, 0.717) is 16.5 Å². The third-order valence-electron chi connectivity index (χ3n) is 3.79. The van der Waals surface area contributed by atoms with Crippen LogP contribution in [0.2, 0.25) is 10.0 Å². The lowest BCUT2D eigenvalue weighted by Crippen LogP contribution is -2.32. The first-order valence-electron chi connectivity index (χ1n) is 7.48. The van der Waals surface area contributed by atoms with Crippen LogP contribution in [0.5, 0.6) is 5.75 Å². The second-order valence-corrected chi connectivity index (χ2v) is 6.78. The quantitative estimate of drug-likeness (QED) is 0.738. The molecule has 2 aromatic carbocycles. The molecule has 3 rings (SSSR count). The molecular formula is C18H13Cl3N2O3. The summed E-state index contributed by atoms with van der Waals surface area (Å²) in [5.74, 6) is -0.779. The minimum Gasteiger partial charge on any atom is -0.495 e. The topological polar surface area (TPSA) is 58.6 Å². The number of benzene rings is 2. The van der Waals surface area contributed by atoms with E-state index in [2.05, 4.69) is 5.32 Å². The molecule has 2 aromatic rings. The number of carbonyl (C=O) groups is 2. The maximum absolute atomic E-state index is 12.8. The molecule has 1 aliphatic rings. The average Bonchev–Trinajstić information content (AvgIpc) is 2.79. The molecule has 0 spiro atoms. The van der Waals surface area contributed by atoms with Gasteiger partial charge in [-0.15, -0.1) is 0 Å². The molecule has 1 heterocycles. The third kappa shape index (κ3) is 3.26. The highest BCUT2D eigenvalue weighted by Gasteiger charge is 2.40. The number of halogens is 3. The number of rotatable bonds is 4. The Morgan fingerprint density at radius 2 is 1.73 bits per heavy atom. The van der Waals surface area contributed by atoms with E-state index in [1.165, 1.54) is 25.3 Å². The second kappa shape index (κ2) is 7.19. The lowest BCUT2D eigenvalue weighted by molar-refractivity contribution is -0.120. The van der Waals surface area contributed by atoms with E-state index in [1.807, 2.05) is 13.0 Å². The Hall–Kier alpha value is -2.21. The van der Waals surface area contributed by atoms with E-state index < -0.39 is 11.8 Å². The predicted molar refractivity (Wildman–Crippen MR) is 103 cm³/mol. The number of imide groups is 1. The van der Waals surface area contributed by atoms with Crippen LogP contribution in [0, 0.1) is 6.92 Å². The first-order chi connectivity index (χ1) is 12.3. The van der Waals surface area contributed by atoms with Crippen LogP contribution in [-0.2, 0) is 9.59 Å². The van der Waals surface area contributed by atoms with E-state index in [4.69, 9.17) is 39.5 Å². The molecule has 5 nitrogen and oxygen atoms in total. The SMILES string of the molecule is COc1ccc(C)cc1NC1=C(Cl)C(=O)N(c2ccc(Cl)cc2Cl)C1=O. The molecule has 0 fully saturated rings. The smallest absolute Gasteiger partial charge is 0.283 e. The largest absolute Gasteiger partial charge is 0.495 e. The van der Waals surface area contributed by atoms with Crippen LogP contribution in [0.4, 0.5) is 11.4 Å². The molecule has 26 heavy (non-hydrogen) atoms. The molecule has 0 atom stereocenters. The van der Waals surface area contributed by atoms with E-state index in [0.717, 1.165) is 10.5 Å². The van der Waals surface area contributed by atoms with Crippen LogP contribution >= 0.6 is 34.8 Å². The predicted octanol–water partition coefficient (Wildman–Crippen LogP) is 4.75. The number of amides is 2. The lowest BCUT2D eigenvalue weighted by atomic mass is 10.2. The molecule has 1 N–H and O–H groups in total. The van der Waals surface area contributed by atoms with Gasteiger partial charge in [-0.2, -0.15) is 0 Å². The number of nitrogens with one attached hydrogen (secondary N) is 1. The van der Waals surface area contributed by atoms with Gasteiger partial charge in [-0.1, -0.05) is 40.9 Å². The van der Waals surface area contributed by atoms with Crippen molar-refractivity contribution in [2.45, 2.75) is 6.92 Å². The fraction of sp³-hybridized carbons (Fsp3) is 0.111. The van der Waals surface area contributed by atoms with Crippen molar-refractivity contribution in [3.05, 3.63) is 62.7 Å². The van der Waals surface area contributed by atoms with Crippen LogP contribution in [-0.4, -0.2) is 18.9 Å². The van der Waals surface area contributed by atoms with Gasteiger partial charge in [0.15, 0.2) is 0 Å². The molecule has 2 amide bonds. The fourth-order valence-electron chi connectivity index (χ4n) is 2.55. The van der Waals surface area contributed by atoms with Gasteiger partial charge >= 0.3 is 0 Å². The Kier molecular flexibility index (Phi) is 5.14. The highest BCUT2D eigenvalue weighted by molar-refractivity contribution is 6.54. The van der Waals surface area contributed by atoms with Crippen molar-refractivity contribution in [3.8, 4) is 5.75 Å². The van der Waals surface area contributed by atoms with Gasteiger partial charge in [-0.3, -0.25) is 9.59 Å². The maximum Gasteiger partial charge on any atom is 0.283 e.